The molecule has 1 N–H and O–H groups in total. The molecular weight excluding hydrogens is 522 g/mol. The average molecular weight is 540 g/mol. The third-order valence-corrected chi connectivity index (χ3v) is 7.37. The van der Waals surface area contributed by atoms with Crippen LogP contribution in [-0.2, 0) is 4.74 Å². The van der Waals surface area contributed by atoms with E-state index in [1.807, 2.05) is 0 Å². The van der Waals surface area contributed by atoms with Gasteiger partial charge in [0.25, 0.3) is 5.56 Å². The van der Waals surface area contributed by atoms with Crippen LogP contribution >= 0.6 is 22.9 Å². The summed E-state index contributed by atoms with van der Waals surface area (Å²) in [7, 11) is 0. The Bertz CT molecular complexity index is 1910. The molecule has 2 aromatic carbocycles. The summed E-state index contributed by atoms with van der Waals surface area (Å²) in [6.45, 7) is 2.14. The van der Waals surface area contributed by atoms with Crippen LogP contribution in [0.5, 0.6) is 5.75 Å². The minimum absolute atomic E-state index is 0.0278. The molecule has 0 radical (unpaired) electrons. The van der Waals surface area contributed by atoms with Gasteiger partial charge in [-0.15, -0.1) is 11.3 Å². The number of aromatic hydroxyl groups is 1. The summed E-state index contributed by atoms with van der Waals surface area (Å²) in [6.07, 6.45) is 4.45. The Kier molecular flexibility index (Phi) is 6.80. The van der Waals surface area contributed by atoms with Crippen LogP contribution in [0, 0.1) is 22.7 Å². The Labute approximate surface area is 225 Å². The van der Waals surface area contributed by atoms with Gasteiger partial charge in [0.1, 0.15) is 15.9 Å². The predicted octanol–water partition coefficient (Wildman–Crippen LogP) is 3.87. The van der Waals surface area contributed by atoms with Gasteiger partial charge < -0.3 is 9.84 Å². The SMILES string of the molecule is CCO/C=N/C1=C(C#N)C(c2ccc(Cl)cc2)C(C#N)=c2s/c(=C/c3ccc(O)c4ncccc34)c(=O)n21. The highest BCUT2D eigenvalue weighted by Gasteiger charge is 2.33. The highest BCUT2D eigenvalue weighted by atomic mass is 35.5. The molecular formula is C28H18ClN5O3S. The molecule has 1 unspecified atom stereocenters. The molecule has 10 heteroatoms. The maximum atomic E-state index is 13.8. The molecule has 8 nitrogen and oxygen atoms in total. The van der Waals surface area contributed by atoms with Gasteiger partial charge in [-0.1, -0.05) is 35.9 Å². The van der Waals surface area contributed by atoms with E-state index in [4.69, 9.17) is 16.3 Å². The number of thiazole rings is 1. The Balaban J connectivity index is 1.86. The van der Waals surface area contributed by atoms with E-state index in [9.17, 15) is 20.4 Å². The third-order valence-electron chi connectivity index (χ3n) is 6.01. The standard InChI is InChI=1S/C28H18ClN5O3S/c1-2-37-15-33-26-20(13-30)24(16-5-8-18(29)9-6-16)21(14-31)28-34(26)27(36)23(38-28)12-17-7-10-22(35)25-19(17)4-3-11-32-25/h3-12,15,24,35H,2H2,1H3/b23-12+,33-15+. The Morgan fingerprint density at radius 1 is 1.18 bits per heavy atom. The molecule has 3 heterocycles. The van der Waals surface area contributed by atoms with Crippen LogP contribution < -0.4 is 14.8 Å². The molecule has 5 rings (SSSR count). The topological polar surface area (TPSA) is 124 Å². The molecule has 2 aromatic heterocycles. The van der Waals surface area contributed by atoms with Gasteiger partial charge in [-0.3, -0.25) is 9.78 Å². The lowest BCUT2D eigenvalue weighted by atomic mass is 9.84. The predicted molar refractivity (Wildman–Crippen MR) is 147 cm³/mol. The summed E-state index contributed by atoms with van der Waals surface area (Å²) in [5, 5.41) is 31.8. The zero-order valence-electron chi connectivity index (χ0n) is 19.9. The smallest absolute Gasteiger partial charge is 0.274 e. The number of hydrogen-bond donors (Lipinski definition) is 1. The van der Waals surface area contributed by atoms with Crippen molar-refractivity contribution in [2.75, 3.05) is 6.61 Å². The van der Waals surface area contributed by atoms with Crippen LogP contribution in [0.4, 0.5) is 0 Å². The highest BCUT2D eigenvalue weighted by Crippen LogP contribution is 2.37. The number of fused-ring (bicyclic) bond motifs is 2. The zero-order chi connectivity index (χ0) is 26.8. The lowest BCUT2D eigenvalue weighted by Gasteiger charge is -2.22. The summed E-state index contributed by atoms with van der Waals surface area (Å²) in [4.78, 5) is 22.3. The van der Waals surface area contributed by atoms with Gasteiger partial charge >= 0.3 is 0 Å². The van der Waals surface area contributed by atoms with Crippen LogP contribution in [0.3, 0.4) is 0 Å². The second-order valence-corrected chi connectivity index (χ2v) is 9.65. The van der Waals surface area contributed by atoms with Gasteiger partial charge in [0.15, 0.2) is 12.2 Å². The molecule has 1 atom stereocenters. The fraction of sp³-hybridized carbons (Fsp3) is 0.107. The van der Waals surface area contributed by atoms with Crippen molar-refractivity contribution in [3.8, 4) is 17.9 Å². The lowest BCUT2D eigenvalue weighted by molar-refractivity contribution is 0.344. The number of rotatable bonds is 5. The van der Waals surface area contributed by atoms with E-state index in [1.165, 1.54) is 17.0 Å². The number of ether oxygens (including phenoxy) is 1. The van der Waals surface area contributed by atoms with E-state index >= 15 is 0 Å². The number of allylic oxidation sites excluding steroid dienone is 1. The van der Waals surface area contributed by atoms with Crippen LogP contribution in [0.15, 0.2) is 70.1 Å². The van der Waals surface area contributed by atoms with Crippen LogP contribution in [-0.4, -0.2) is 27.7 Å². The Morgan fingerprint density at radius 3 is 2.66 bits per heavy atom. The van der Waals surface area contributed by atoms with Gasteiger partial charge in [0.2, 0.25) is 0 Å². The number of hydrogen-bond acceptors (Lipinski definition) is 8. The van der Waals surface area contributed by atoms with E-state index < -0.39 is 11.5 Å². The van der Waals surface area contributed by atoms with Crippen molar-refractivity contribution in [3.63, 3.8) is 0 Å². The Hall–Kier alpha value is -4.70. The number of phenolic OH excluding ortho intramolecular Hbond substituents is 1. The first-order valence-corrected chi connectivity index (χ1v) is 12.7. The van der Waals surface area contributed by atoms with Gasteiger partial charge in [-0.05, 0) is 48.4 Å². The van der Waals surface area contributed by atoms with Crippen molar-refractivity contribution in [2.24, 2.45) is 4.99 Å². The molecule has 0 amide bonds. The van der Waals surface area contributed by atoms with Crippen LogP contribution in [0.25, 0.3) is 28.4 Å². The zero-order valence-corrected chi connectivity index (χ0v) is 21.5. The molecule has 0 saturated carbocycles. The molecule has 1 aliphatic heterocycles. The summed E-state index contributed by atoms with van der Waals surface area (Å²) >= 11 is 7.21. The molecule has 186 valence electrons. The quantitative estimate of drug-likeness (QED) is 0.303. The summed E-state index contributed by atoms with van der Waals surface area (Å²) in [5.41, 5.74) is 1.69. The van der Waals surface area contributed by atoms with E-state index in [1.54, 1.807) is 61.7 Å². The first-order valence-electron chi connectivity index (χ1n) is 11.5. The molecule has 4 aromatic rings. The monoisotopic (exact) mass is 539 g/mol. The van der Waals surface area contributed by atoms with Gasteiger partial charge in [-0.2, -0.15) is 10.5 Å². The molecule has 38 heavy (non-hydrogen) atoms. The van der Waals surface area contributed by atoms with Crippen molar-refractivity contribution in [1.29, 1.82) is 10.5 Å². The molecule has 0 fully saturated rings. The largest absolute Gasteiger partial charge is 0.506 e. The third kappa shape index (κ3) is 4.24. The summed E-state index contributed by atoms with van der Waals surface area (Å²) < 4.78 is 7.26. The van der Waals surface area contributed by atoms with E-state index in [0.717, 1.165) is 11.3 Å². The lowest BCUT2D eigenvalue weighted by Crippen LogP contribution is -2.35. The molecule has 0 bridgehead atoms. The maximum Gasteiger partial charge on any atom is 0.274 e. The van der Waals surface area contributed by atoms with Crippen LogP contribution in [0.2, 0.25) is 5.02 Å². The highest BCUT2D eigenvalue weighted by molar-refractivity contribution is 7.07. The molecule has 0 saturated heterocycles. The number of phenols is 1. The first kappa shape index (κ1) is 25.0. The Morgan fingerprint density at radius 2 is 1.95 bits per heavy atom. The van der Waals surface area contributed by atoms with Gasteiger partial charge in [-0.25, -0.2) is 9.56 Å². The number of aliphatic imine (C=N–C) groups is 1. The number of halogens is 1. The number of pyridine rings is 1. The molecule has 1 aliphatic rings. The second kappa shape index (κ2) is 10.3. The maximum absolute atomic E-state index is 13.8. The van der Waals surface area contributed by atoms with Crippen LogP contribution in [0.1, 0.15) is 24.0 Å². The summed E-state index contributed by atoms with van der Waals surface area (Å²) in [5.74, 6) is -0.631. The number of nitriles is 2. The van der Waals surface area contributed by atoms with Gasteiger partial charge in [0, 0.05) is 16.6 Å². The first-order chi connectivity index (χ1) is 18.5. The number of aromatic nitrogens is 2. The van der Waals surface area contributed by atoms with E-state index in [0.29, 0.717) is 42.9 Å². The van der Waals surface area contributed by atoms with Gasteiger partial charge in [0.05, 0.1) is 40.3 Å². The minimum Gasteiger partial charge on any atom is -0.506 e. The van der Waals surface area contributed by atoms with Crippen molar-refractivity contribution in [3.05, 3.63) is 96.0 Å². The minimum atomic E-state index is -0.749. The molecule has 0 aliphatic carbocycles. The number of nitrogens with zero attached hydrogens (tertiary/aromatic N) is 5. The van der Waals surface area contributed by atoms with Crippen molar-refractivity contribution in [1.82, 2.24) is 9.55 Å². The normalized spacial score (nSPS) is 15.5. The van der Waals surface area contributed by atoms with Crippen molar-refractivity contribution >= 4 is 57.7 Å². The summed E-state index contributed by atoms with van der Waals surface area (Å²) in [6, 6.07) is 18.0. The van der Waals surface area contributed by atoms with E-state index in [-0.39, 0.29) is 22.7 Å². The second-order valence-electron chi connectivity index (χ2n) is 8.18. The molecule has 0 spiro atoms. The van der Waals surface area contributed by atoms with Crippen molar-refractivity contribution in [2.45, 2.75) is 12.8 Å². The van der Waals surface area contributed by atoms with Crippen molar-refractivity contribution < 1.29 is 9.84 Å². The fourth-order valence-corrected chi connectivity index (χ4v) is 5.56. The number of benzene rings is 2. The average Bonchev–Trinajstić information content (AvgIpc) is 3.26. The fourth-order valence-electron chi connectivity index (χ4n) is 4.32. The van der Waals surface area contributed by atoms with E-state index in [2.05, 4.69) is 22.1 Å².